The molecule has 0 unspecified atom stereocenters. The fourth-order valence-electron chi connectivity index (χ4n) is 2.09. The van der Waals surface area contributed by atoms with Crippen molar-refractivity contribution in [3.05, 3.63) is 35.9 Å². The van der Waals surface area contributed by atoms with Crippen molar-refractivity contribution in [1.82, 2.24) is 0 Å². The fourth-order valence-corrected chi connectivity index (χ4v) is 2.09. The Balaban J connectivity index is 2.34. The number of carbonyl (C=O) groups is 1. The molecule has 0 saturated heterocycles. The minimum Gasteiger partial charge on any atom is -0.468 e. The van der Waals surface area contributed by atoms with Gasteiger partial charge in [-0.25, -0.2) is 0 Å². The molecule has 2 nitrogen and oxygen atoms in total. The molecule has 1 aromatic carbocycles. The highest BCUT2D eigenvalue weighted by molar-refractivity contribution is 5.84. The molecule has 2 rings (SSSR count). The molecule has 1 aliphatic rings. The summed E-state index contributed by atoms with van der Waals surface area (Å²) in [6.07, 6.45) is 2.96. The highest BCUT2D eigenvalue weighted by Crippen LogP contribution is 2.44. The molecule has 0 amide bonds. The van der Waals surface area contributed by atoms with Crippen molar-refractivity contribution >= 4 is 5.97 Å². The van der Waals surface area contributed by atoms with Crippen LogP contribution in [0.1, 0.15) is 24.8 Å². The number of benzene rings is 1. The first-order chi connectivity index (χ1) is 6.79. The van der Waals surface area contributed by atoms with Gasteiger partial charge in [0, 0.05) is 0 Å². The quantitative estimate of drug-likeness (QED) is 0.669. The van der Waals surface area contributed by atoms with E-state index >= 15 is 0 Å². The van der Waals surface area contributed by atoms with Gasteiger partial charge in [0.2, 0.25) is 0 Å². The molecule has 0 radical (unpaired) electrons. The maximum absolute atomic E-state index is 11.7. The zero-order chi connectivity index (χ0) is 10.0. The van der Waals surface area contributed by atoms with Gasteiger partial charge in [-0.05, 0) is 18.4 Å². The van der Waals surface area contributed by atoms with E-state index < -0.39 is 0 Å². The second-order valence-corrected chi connectivity index (χ2v) is 3.79. The highest BCUT2D eigenvalue weighted by Gasteiger charge is 2.46. The molecule has 0 spiro atoms. The Morgan fingerprint density at radius 2 is 1.93 bits per heavy atom. The first-order valence-corrected chi connectivity index (χ1v) is 4.93. The minimum atomic E-state index is -0.337. The fraction of sp³-hybridized carbons (Fsp3) is 0.417. The Morgan fingerprint density at radius 3 is 2.36 bits per heavy atom. The van der Waals surface area contributed by atoms with Crippen molar-refractivity contribution in [3.63, 3.8) is 0 Å². The molecule has 74 valence electrons. The van der Waals surface area contributed by atoms with Crippen molar-refractivity contribution in [2.24, 2.45) is 0 Å². The van der Waals surface area contributed by atoms with Gasteiger partial charge in [0.1, 0.15) is 0 Å². The van der Waals surface area contributed by atoms with E-state index in [-0.39, 0.29) is 11.4 Å². The average Bonchev–Trinajstić information content (AvgIpc) is 2.17. The first kappa shape index (κ1) is 9.25. The molecule has 0 aliphatic heterocycles. The number of rotatable bonds is 2. The monoisotopic (exact) mass is 190 g/mol. The van der Waals surface area contributed by atoms with Crippen LogP contribution in [0.25, 0.3) is 0 Å². The third kappa shape index (κ3) is 1.22. The average molecular weight is 190 g/mol. The molecule has 0 aromatic heterocycles. The van der Waals surface area contributed by atoms with Crippen LogP contribution in [-0.2, 0) is 14.9 Å². The first-order valence-electron chi connectivity index (χ1n) is 4.93. The second kappa shape index (κ2) is 3.45. The van der Waals surface area contributed by atoms with Gasteiger partial charge in [-0.3, -0.25) is 4.79 Å². The molecule has 0 bridgehead atoms. The molecule has 0 atom stereocenters. The normalized spacial score (nSPS) is 18.4. The molecular weight excluding hydrogens is 176 g/mol. The predicted molar refractivity (Wildman–Crippen MR) is 54.0 cm³/mol. The second-order valence-electron chi connectivity index (χ2n) is 3.79. The number of hydrogen-bond donors (Lipinski definition) is 0. The number of methoxy groups -OCH3 is 1. The van der Waals surface area contributed by atoms with Crippen LogP contribution in [0.5, 0.6) is 0 Å². The number of ether oxygens (including phenoxy) is 1. The molecule has 1 aromatic rings. The Bertz CT molecular complexity index is 325. The third-order valence-corrected chi connectivity index (χ3v) is 3.11. The van der Waals surface area contributed by atoms with Gasteiger partial charge in [0.25, 0.3) is 0 Å². The summed E-state index contributed by atoms with van der Waals surface area (Å²) in [6.45, 7) is 0. The molecule has 2 heteroatoms. The summed E-state index contributed by atoms with van der Waals surface area (Å²) in [5, 5.41) is 0. The molecule has 1 aliphatic carbocycles. The van der Waals surface area contributed by atoms with Crippen molar-refractivity contribution in [2.45, 2.75) is 24.7 Å². The smallest absolute Gasteiger partial charge is 0.316 e. The summed E-state index contributed by atoms with van der Waals surface area (Å²) in [5.74, 6) is -0.0880. The molecular formula is C12H14O2. The van der Waals surface area contributed by atoms with Crippen molar-refractivity contribution < 1.29 is 9.53 Å². The van der Waals surface area contributed by atoms with E-state index in [1.165, 1.54) is 7.11 Å². The third-order valence-electron chi connectivity index (χ3n) is 3.11. The highest BCUT2D eigenvalue weighted by atomic mass is 16.5. The summed E-state index contributed by atoms with van der Waals surface area (Å²) in [6, 6.07) is 9.93. The lowest BCUT2D eigenvalue weighted by Crippen LogP contribution is -2.43. The summed E-state index contributed by atoms with van der Waals surface area (Å²) in [5.41, 5.74) is 0.758. The molecule has 0 N–H and O–H groups in total. The molecule has 1 saturated carbocycles. The number of esters is 1. The van der Waals surface area contributed by atoms with E-state index in [1.807, 2.05) is 30.3 Å². The Labute approximate surface area is 83.9 Å². The van der Waals surface area contributed by atoms with Gasteiger partial charge in [0.05, 0.1) is 12.5 Å². The summed E-state index contributed by atoms with van der Waals surface area (Å²) in [4.78, 5) is 11.7. The summed E-state index contributed by atoms with van der Waals surface area (Å²) in [7, 11) is 1.46. The topological polar surface area (TPSA) is 26.3 Å². The van der Waals surface area contributed by atoms with Crippen molar-refractivity contribution in [3.8, 4) is 0 Å². The Morgan fingerprint density at radius 1 is 1.29 bits per heavy atom. The Hall–Kier alpha value is -1.31. The van der Waals surface area contributed by atoms with Crippen LogP contribution in [0.4, 0.5) is 0 Å². The van der Waals surface area contributed by atoms with Crippen LogP contribution in [0.2, 0.25) is 0 Å². The lowest BCUT2D eigenvalue weighted by molar-refractivity contribution is -0.151. The van der Waals surface area contributed by atoms with Crippen LogP contribution in [-0.4, -0.2) is 13.1 Å². The molecule has 14 heavy (non-hydrogen) atoms. The minimum absolute atomic E-state index is 0.0880. The van der Waals surface area contributed by atoms with Crippen molar-refractivity contribution in [1.29, 1.82) is 0 Å². The van der Waals surface area contributed by atoms with Gasteiger partial charge in [-0.2, -0.15) is 0 Å². The Kier molecular flexibility index (Phi) is 2.28. The van der Waals surface area contributed by atoms with Crippen LogP contribution in [0.3, 0.4) is 0 Å². The SMILES string of the molecule is COC(=O)C1(c2ccccc2)CCC1. The largest absolute Gasteiger partial charge is 0.468 e. The van der Waals surface area contributed by atoms with Gasteiger partial charge in [-0.15, -0.1) is 0 Å². The van der Waals surface area contributed by atoms with Crippen LogP contribution in [0, 0.1) is 0 Å². The van der Waals surface area contributed by atoms with Gasteiger partial charge >= 0.3 is 5.97 Å². The van der Waals surface area contributed by atoms with E-state index in [4.69, 9.17) is 4.74 Å². The van der Waals surface area contributed by atoms with E-state index in [0.29, 0.717) is 0 Å². The maximum atomic E-state index is 11.7. The van der Waals surface area contributed by atoms with E-state index in [0.717, 1.165) is 24.8 Å². The van der Waals surface area contributed by atoms with Crippen LogP contribution in [0.15, 0.2) is 30.3 Å². The summed E-state index contributed by atoms with van der Waals surface area (Å²) >= 11 is 0. The van der Waals surface area contributed by atoms with Crippen molar-refractivity contribution in [2.75, 3.05) is 7.11 Å². The molecule has 1 fully saturated rings. The standard InChI is InChI=1S/C12H14O2/c1-14-11(13)12(8-5-9-12)10-6-3-2-4-7-10/h2-4,6-7H,5,8-9H2,1H3. The maximum Gasteiger partial charge on any atom is 0.316 e. The van der Waals surface area contributed by atoms with E-state index in [1.54, 1.807) is 0 Å². The lowest BCUT2D eigenvalue weighted by atomic mass is 9.64. The molecule has 0 heterocycles. The summed E-state index contributed by atoms with van der Waals surface area (Å²) < 4.78 is 4.87. The van der Waals surface area contributed by atoms with E-state index in [9.17, 15) is 4.79 Å². The van der Waals surface area contributed by atoms with Gasteiger partial charge in [0.15, 0.2) is 0 Å². The zero-order valence-electron chi connectivity index (χ0n) is 8.32. The van der Waals surface area contributed by atoms with Gasteiger partial charge in [-0.1, -0.05) is 36.8 Å². The zero-order valence-corrected chi connectivity index (χ0v) is 8.32. The van der Waals surface area contributed by atoms with E-state index in [2.05, 4.69) is 0 Å². The van der Waals surface area contributed by atoms with Crippen LogP contribution < -0.4 is 0 Å². The van der Waals surface area contributed by atoms with Crippen LogP contribution >= 0.6 is 0 Å². The predicted octanol–water partition coefficient (Wildman–Crippen LogP) is 2.28. The number of carbonyl (C=O) groups excluding carboxylic acids is 1. The van der Waals surface area contributed by atoms with Gasteiger partial charge < -0.3 is 4.74 Å². The lowest BCUT2D eigenvalue weighted by Gasteiger charge is -2.39. The number of hydrogen-bond acceptors (Lipinski definition) is 2.